The molecule has 1 rings (SSSR count). The van der Waals surface area contributed by atoms with Gasteiger partial charge in [0.2, 0.25) is 0 Å². The lowest BCUT2D eigenvalue weighted by molar-refractivity contribution is 0.799. The summed E-state index contributed by atoms with van der Waals surface area (Å²) in [4.78, 5) is 4.20. The van der Waals surface area contributed by atoms with Crippen molar-refractivity contribution in [2.24, 2.45) is 0 Å². The summed E-state index contributed by atoms with van der Waals surface area (Å²) in [6.07, 6.45) is 1.73. The van der Waals surface area contributed by atoms with Crippen molar-refractivity contribution in [3.8, 4) is 0 Å². The second-order valence-corrected chi connectivity index (χ2v) is 5.81. The van der Waals surface area contributed by atoms with Gasteiger partial charge >= 0.3 is 0 Å². The average molecular weight is 202 g/mol. The lowest BCUT2D eigenvalue weighted by Gasteiger charge is -2.16. The molecule has 1 heterocycles. The number of hydrogen-bond donors (Lipinski definition) is 0. The maximum Gasteiger partial charge on any atom is 0.0979 e. The van der Waals surface area contributed by atoms with Crippen LogP contribution in [-0.4, -0.2) is 9.73 Å². The molecule has 0 aliphatic rings. The molecule has 0 amide bonds. The first-order valence-corrected chi connectivity index (χ1v) is 4.97. The Labute approximate surface area is 82.5 Å². The second-order valence-electron chi connectivity index (χ2n) is 3.53. The predicted octanol–water partition coefficient (Wildman–Crippen LogP) is 3.63. The third-order valence-electron chi connectivity index (χ3n) is 1.11. The van der Waals surface area contributed by atoms with Gasteiger partial charge < -0.3 is 0 Å². The molecule has 0 atom stereocenters. The number of hydrogen-bond acceptors (Lipinski definition) is 2. The van der Waals surface area contributed by atoms with E-state index in [4.69, 9.17) is 11.6 Å². The van der Waals surface area contributed by atoms with E-state index in [0.29, 0.717) is 0 Å². The Hall–Kier alpha value is -0.210. The molecule has 0 N–H and O–H groups in total. The largest absolute Gasteiger partial charge is 0.250 e. The van der Waals surface area contributed by atoms with E-state index in [9.17, 15) is 0 Å². The van der Waals surface area contributed by atoms with Crippen LogP contribution in [0.3, 0.4) is 0 Å². The van der Waals surface area contributed by atoms with Crippen LogP contribution in [0.1, 0.15) is 20.8 Å². The zero-order chi connectivity index (χ0) is 9.19. The van der Waals surface area contributed by atoms with E-state index >= 15 is 0 Å². The predicted molar refractivity (Wildman–Crippen MR) is 54.9 cm³/mol. The zero-order valence-electron chi connectivity index (χ0n) is 7.47. The molecule has 0 radical (unpaired) electrons. The molecule has 1 aromatic rings. The van der Waals surface area contributed by atoms with E-state index in [0.717, 1.165) is 10.0 Å². The maximum atomic E-state index is 5.82. The molecule has 1 aromatic heterocycles. The minimum absolute atomic E-state index is 0.192. The van der Waals surface area contributed by atoms with Crippen molar-refractivity contribution in [3.63, 3.8) is 0 Å². The van der Waals surface area contributed by atoms with Gasteiger partial charge in [0.1, 0.15) is 0 Å². The summed E-state index contributed by atoms with van der Waals surface area (Å²) >= 11 is 7.54. The Kier molecular flexibility index (Phi) is 3.02. The Morgan fingerprint density at radius 2 is 2.08 bits per heavy atom. The van der Waals surface area contributed by atoms with Crippen LogP contribution in [0.4, 0.5) is 0 Å². The van der Waals surface area contributed by atoms with Crippen LogP contribution in [0, 0.1) is 0 Å². The molecule has 0 aliphatic heterocycles. The van der Waals surface area contributed by atoms with E-state index < -0.39 is 0 Å². The highest BCUT2D eigenvalue weighted by Gasteiger charge is 2.12. The highest BCUT2D eigenvalue weighted by Crippen LogP contribution is 2.31. The topological polar surface area (TPSA) is 12.9 Å². The molecule has 0 bridgehead atoms. The molecule has 1 nitrogen and oxygen atoms in total. The SMILES string of the molecule is CC(C)(C)Sc1cc(Cl)ccn1. The first kappa shape index (κ1) is 9.87. The van der Waals surface area contributed by atoms with Gasteiger partial charge in [-0.25, -0.2) is 4.98 Å². The molecule has 0 aromatic carbocycles. The lowest BCUT2D eigenvalue weighted by Crippen LogP contribution is -2.06. The normalized spacial score (nSPS) is 11.7. The highest BCUT2D eigenvalue weighted by molar-refractivity contribution is 8.00. The van der Waals surface area contributed by atoms with Crippen molar-refractivity contribution in [2.45, 2.75) is 30.5 Å². The summed E-state index contributed by atoms with van der Waals surface area (Å²) in [6.45, 7) is 6.46. The fraction of sp³-hybridized carbons (Fsp3) is 0.444. The van der Waals surface area contributed by atoms with E-state index in [1.165, 1.54) is 0 Å². The van der Waals surface area contributed by atoms with Crippen LogP contribution < -0.4 is 0 Å². The first-order valence-electron chi connectivity index (χ1n) is 3.78. The van der Waals surface area contributed by atoms with Gasteiger partial charge in [0.15, 0.2) is 0 Å². The minimum atomic E-state index is 0.192. The number of nitrogens with zero attached hydrogens (tertiary/aromatic N) is 1. The molecular weight excluding hydrogens is 190 g/mol. The highest BCUT2D eigenvalue weighted by atomic mass is 35.5. The smallest absolute Gasteiger partial charge is 0.0979 e. The van der Waals surface area contributed by atoms with Gasteiger partial charge in [-0.3, -0.25) is 0 Å². The monoisotopic (exact) mass is 201 g/mol. The summed E-state index contributed by atoms with van der Waals surface area (Å²) in [5.41, 5.74) is 0. The van der Waals surface area contributed by atoms with Crippen LogP contribution >= 0.6 is 23.4 Å². The number of halogens is 1. The Morgan fingerprint density at radius 1 is 1.42 bits per heavy atom. The molecule has 0 spiro atoms. The van der Waals surface area contributed by atoms with Crippen LogP contribution in [0.25, 0.3) is 0 Å². The van der Waals surface area contributed by atoms with Gasteiger partial charge in [-0.1, -0.05) is 32.4 Å². The molecule has 0 aliphatic carbocycles. The average Bonchev–Trinajstić information content (AvgIpc) is 1.82. The first-order chi connectivity index (χ1) is 5.47. The third kappa shape index (κ3) is 3.46. The lowest BCUT2D eigenvalue weighted by atomic mass is 10.3. The van der Waals surface area contributed by atoms with Crippen LogP contribution in [-0.2, 0) is 0 Å². The molecule has 0 saturated heterocycles. The minimum Gasteiger partial charge on any atom is -0.250 e. The number of rotatable bonds is 1. The summed E-state index contributed by atoms with van der Waals surface area (Å²) in [5, 5.41) is 1.73. The zero-order valence-corrected chi connectivity index (χ0v) is 9.04. The van der Waals surface area contributed by atoms with Crippen molar-refractivity contribution in [3.05, 3.63) is 23.4 Å². The number of pyridine rings is 1. The van der Waals surface area contributed by atoms with Gasteiger partial charge in [0, 0.05) is 16.0 Å². The number of thioether (sulfide) groups is 1. The van der Waals surface area contributed by atoms with Crippen molar-refractivity contribution in [1.29, 1.82) is 0 Å². The van der Waals surface area contributed by atoms with E-state index in [1.807, 2.05) is 6.07 Å². The standard InChI is InChI=1S/C9H12ClNS/c1-9(2,3)12-8-6-7(10)4-5-11-8/h4-6H,1-3H3. The van der Waals surface area contributed by atoms with E-state index in [2.05, 4.69) is 25.8 Å². The van der Waals surface area contributed by atoms with Gasteiger partial charge in [0.05, 0.1) is 5.03 Å². The van der Waals surface area contributed by atoms with Gasteiger partial charge in [-0.2, -0.15) is 0 Å². The third-order valence-corrected chi connectivity index (χ3v) is 2.39. The quantitative estimate of drug-likeness (QED) is 0.644. The molecule has 0 unspecified atom stereocenters. The van der Waals surface area contributed by atoms with Gasteiger partial charge in [-0.15, -0.1) is 11.8 Å². The molecule has 0 saturated carbocycles. The summed E-state index contributed by atoms with van der Waals surface area (Å²) < 4.78 is 0.192. The fourth-order valence-corrected chi connectivity index (χ4v) is 1.91. The van der Waals surface area contributed by atoms with Crippen LogP contribution in [0.2, 0.25) is 5.02 Å². The Morgan fingerprint density at radius 3 is 2.58 bits per heavy atom. The second kappa shape index (κ2) is 3.67. The van der Waals surface area contributed by atoms with Crippen molar-refractivity contribution >= 4 is 23.4 Å². The molecular formula is C9H12ClNS. The van der Waals surface area contributed by atoms with Crippen LogP contribution in [0.5, 0.6) is 0 Å². The summed E-state index contributed by atoms with van der Waals surface area (Å²) in [7, 11) is 0. The van der Waals surface area contributed by atoms with E-state index in [-0.39, 0.29) is 4.75 Å². The molecule has 0 fully saturated rings. The maximum absolute atomic E-state index is 5.82. The number of aromatic nitrogens is 1. The van der Waals surface area contributed by atoms with Crippen molar-refractivity contribution < 1.29 is 0 Å². The summed E-state index contributed by atoms with van der Waals surface area (Å²) in [5.74, 6) is 0. The van der Waals surface area contributed by atoms with Crippen LogP contribution in [0.15, 0.2) is 23.4 Å². The van der Waals surface area contributed by atoms with Gasteiger partial charge in [0.25, 0.3) is 0 Å². The summed E-state index contributed by atoms with van der Waals surface area (Å²) in [6, 6.07) is 3.67. The van der Waals surface area contributed by atoms with Crippen molar-refractivity contribution in [1.82, 2.24) is 4.98 Å². The van der Waals surface area contributed by atoms with E-state index in [1.54, 1.807) is 24.0 Å². The Balaban J connectivity index is 2.77. The van der Waals surface area contributed by atoms with Crippen molar-refractivity contribution in [2.75, 3.05) is 0 Å². The fourth-order valence-electron chi connectivity index (χ4n) is 0.755. The molecule has 12 heavy (non-hydrogen) atoms. The van der Waals surface area contributed by atoms with Gasteiger partial charge in [-0.05, 0) is 12.1 Å². The Bertz CT molecular complexity index is 267. The molecule has 66 valence electrons. The molecule has 3 heteroatoms.